The van der Waals surface area contributed by atoms with Crippen LogP contribution in [0.5, 0.6) is 0 Å². The first-order chi connectivity index (χ1) is 8.98. The molecule has 2 bridgehead atoms. The summed E-state index contributed by atoms with van der Waals surface area (Å²) in [6, 6.07) is 0. The van der Waals surface area contributed by atoms with Crippen molar-refractivity contribution in [2.45, 2.75) is 17.8 Å². The van der Waals surface area contributed by atoms with E-state index in [1.54, 1.807) is 12.2 Å². The highest BCUT2D eigenvalue weighted by molar-refractivity contribution is 5.90. The molecular formula is C12H15NO6. The van der Waals surface area contributed by atoms with E-state index in [9.17, 15) is 19.8 Å². The van der Waals surface area contributed by atoms with Crippen molar-refractivity contribution in [2.75, 3.05) is 19.7 Å². The van der Waals surface area contributed by atoms with Gasteiger partial charge in [0.1, 0.15) is 11.5 Å². The van der Waals surface area contributed by atoms with Crippen molar-refractivity contribution < 1.29 is 29.6 Å². The van der Waals surface area contributed by atoms with E-state index in [-0.39, 0.29) is 19.0 Å². The van der Waals surface area contributed by atoms with Crippen molar-refractivity contribution in [1.82, 2.24) is 4.90 Å². The molecule has 3 N–H and O–H groups in total. The van der Waals surface area contributed by atoms with E-state index >= 15 is 0 Å². The van der Waals surface area contributed by atoms with Crippen LogP contribution < -0.4 is 0 Å². The molecule has 3 heterocycles. The van der Waals surface area contributed by atoms with Crippen LogP contribution in [0.1, 0.15) is 0 Å². The first-order valence-electron chi connectivity index (χ1n) is 6.16. The summed E-state index contributed by atoms with van der Waals surface area (Å²) in [5, 5.41) is 27.5. The van der Waals surface area contributed by atoms with E-state index in [1.807, 2.05) is 0 Å². The molecule has 0 aliphatic carbocycles. The summed E-state index contributed by atoms with van der Waals surface area (Å²) >= 11 is 0. The summed E-state index contributed by atoms with van der Waals surface area (Å²) in [4.78, 5) is 24.9. The Morgan fingerprint density at radius 3 is 3.00 bits per heavy atom. The zero-order valence-electron chi connectivity index (χ0n) is 10.1. The molecular weight excluding hydrogens is 254 g/mol. The lowest BCUT2D eigenvalue weighted by Gasteiger charge is -2.22. The number of aliphatic hydroxyl groups is 2. The normalized spacial score (nSPS) is 40.8. The minimum Gasteiger partial charge on any atom is -0.481 e. The van der Waals surface area contributed by atoms with E-state index < -0.39 is 42.2 Å². The number of ether oxygens (including phenoxy) is 1. The predicted octanol–water partition coefficient (Wildman–Crippen LogP) is -1.79. The van der Waals surface area contributed by atoms with Gasteiger partial charge in [0.05, 0.1) is 31.3 Å². The molecule has 7 nitrogen and oxygen atoms in total. The summed E-state index contributed by atoms with van der Waals surface area (Å²) in [6.07, 6.45) is 1.87. The summed E-state index contributed by atoms with van der Waals surface area (Å²) < 4.78 is 5.68. The van der Waals surface area contributed by atoms with Crippen molar-refractivity contribution in [3.05, 3.63) is 12.2 Å². The zero-order valence-corrected chi connectivity index (χ0v) is 10.1. The molecule has 0 radical (unpaired) electrons. The minimum absolute atomic E-state index is 0.0121. The number of aliphatic hydroxyl groups excluding tert-OH is 2. The lowest BCUT2D eigenvalue weighted by atomic mass is 9.77. The largest absolute Gasteiger partial charge is 0.481 e. The van der Waals surface area contributed by atoms with Gasteiger partial charge in [0.15, 0.2) is 0 Å². The van der Waals surface area contributed by atoms with Gasteiger partial charge in [0, 0.05) is 6.54 Å². The highest BCUT2D eigenvalue weighted by atomic mass is 16.5. The molecule has 0 aromatic rings. The zero-order chi connectivity index (χ0) is 13.8. The number of carbonyl (C=O) groups is 2. The van der Waals surface area contributed by atoms with Crippen LogP contribution in [0.3, 0.4) is 0 Å². The Morgan fingerprint density at radius 2 is 2.37 bits per heavy atom. The second kappa shape index (κ2) is 4.03. The van der Waals surface area contributed by atoms with Gasteiger partial charge in [0.25, 0.3) is 0 Å². The number of likely N-dealkylation sites (tertiary alicyclic amines) is 1. The fourth-order valence-corrected chi connectivity index (χ4v) is 3.33. The molecule has 7 heteroatoms. The molecule has 0 saturated carbocycles. The Morgan fingerprint density at radius 1 is 1.63 bits per heavy atom. The lowest BCUT2D eigenvalue weighted by Crippen LogP contribution is -2.40. The highest BCUT2D eigenvalue weighted by Gasteiger charge is 2.67. The van der Waals surface area contributed by atoms with Crippen molar-refractivity contribution in [2.24, 2.45) is 11.8 Å². The first kappa shape index (κ1) is 12.6. The van der Waals surface area contributed by atoms with E-state index in [0.717, 1.165) is 0 Å². The lowest BCUT2D eigenvalue weighted by molar-refractivity contribution is -0.148. The number of carboxylic acid groups (broad SMARTS) is 1. The summed E-state index contributed by atoms with van der Waals surface area (Å²) in [5.41, 5.74) is -0.875. The van der Waals surface area contributed by atoms with Crippen LogP contribution in [0.2, 0.25) is 0 Å². The average Bonchev–Trinajstić information content (AvgIpc) is 2.98. The molecule has 0 aromatic carbocycles. The number of rotatable bonds is 4. The molecule has 2 fully saturated rings. The Balaban J connectivity index is 1.86. The van der Waals surface area contributed by atoms with Gasteiger partial charge >= 0.3 is 5.97 Å². The number of nitrogens with zero attached hydrogens (tertiary/aromatic N) is 1. The third-order valence-electron chi connectivity index (χ3n) is 4.11. The first-order valence-corrected chi connectivity index (χ1v) is 6.16. The average molecular weight is 269 g/mol. The number of fused-ring (bicyclic) bond motifs is 1. The van der Waals surface area contributed by atoms with E-state index in [0.29, 0.717) is 0 Å². The van der Waals surface area contributed by atoms with Crippen molar-refractivity contribution in [3.63, 3.8) is 0 Å². The molecule has 3 rings (SSSR count). The fraction of sp³-hybridized carbons (Fsp3) is 0.667. The van der Waals surface area contributed by atoms with Crippen LogP contribution in [-0.4, -0.2) is 69.6 Å². The maximum Gasteiger partial charge on any atom is 0.310 e. The molecule has 3 aliphatic rings. The van der Waals surface area contributed by atoms with Crippen LogP contribution in [-0.2, 0) is 14.3 Å². The second-order valence-corrected chi connectivity index (χ2v) is 5.29. The third kappa shape index (κ3) is 1.62. The molecule has 5 atom stereocenters. The van der Waals surface area contributed by atoms with Gasteiger partial charge in [0.2, 0.25) is 5.91 Å². The van der Waals surface area contributed by atoms with Gasteiger partial charge in [-0.25, -0.2) is 0 Å². The smallest absolute Gasteiger partial charge is 0.310 e. The predicted molar refractivity (Wildman–Crippen MR) is 61.0 cm³/mol. The minimum atomic E-state index is -1.04. The molecule has 19 heavy (non-hydrogen) atoms. The van der Waals surface area contributed by atoms with Crippen LogP contribution in [0.4, 0.5) is 0 Å². The Hall–Kier alpha value is -1.44. The standard InChI is InChI=1S/C12H15NO6/c14-4-6(15)3-13-5-12-2-1-7(19-12)8(11(17)18)9(12)10(13)16/h1-2,6-9,14-15H,3-5H2,(H,17,18)/t6-,7-,8-,9+,12+/m1/s1. The quantitative estimate of drug-likeness (QED) is 0.520. The number of amides is 1. The van der Waals surface area contributed by atoms with Crippen molar-refractivity contribution >= 4 is 11.9 Å². The molecule has 2 saturated heterocycles. The molecule has 0 aromatic heterocycles. The second-order valence-electron chi connectivity index (χ2n) is 5.29. The van der Waals surface area contributed by atoms with Gasteiger partial charge in [-0.3, -0.25) is 9.59 Å². The van der Waals surface area contributed by atoms with Gasteiger partial charge < -0.3 is 25.0 Å². The molecule has 1 spiro atoms. The molecule has 104 valence electrons. The SMILES string of the molecule is O=C(O)[C@H]1[C@H]2C(=O)N(C[C@@H](O)CO)C[C@@]23C=C[C@H]1O3. The van der Waals surface area contributed by atoms with Gasteiger partial charge in [-0.1, -0.05) is 12.2 Å². The molecule has 3 aliphatic heterocycles. The topological polar surface area (TPSA) is 107 Å². The summed E-state index contributed by atoms with van der Waals surface area (Å²) in [5.74, 6) is -2.97. The number of carboxylic acids is 1. The number of carbonyl (C=O) groups excluding carboxylic acids is 1. The van der Waals surface area contributed by atoms with Crippen LogP contribution >= 0.6 is 0 Å². The van der Waals surface area contributed by atoms with Crippen molar-refractivity contribution in [1.29, 1.82) is 0 Å². The fourth-order valence-electron chi connectivity index (χ4n) is 3.33. The maximum absolute atomic E-state index is 12.3. The number of β-amino-alcohol motifs (C(OH)–C–C–N with tert-alkyl or cyclic N) is 1. The third-order valence-corrected chi connectivity index (χ3v) is 4.11. The van der Waals surface area contributed by atoms with Gasteiger partial charge in [-0.15, -0.1) is 0 Å². The number of hydrogen-bond acceptors (Lipinski definition) is 5. The van der Waals surface area contributed by atoms with E-state index in [2.05, 4.69) is 0 Å². The van der Waals surface area contributed by atoms with E-state index in [4.69, 9.17) is 9.84 Å². The Kier molecular flexibility index (Phi) is 2.67. The maximum atomic E-state index is 12.3. The van der Waals surface area contributed by atoms with Gasteiger partial charge in [-0.05, 0) is 0 Å². The molecule has 0 unspecified atom stereocenters. The summed E-state index contributed by atoms with van der Waals surface area (Å²) in [6.45, 7) is -0.227. The monoisotopic (exact) mass is 269 g/mol. The van der Waals surface area contributed by atoms with Gasteiger partial charge in [-0.2, -0.15) is 0 Å². The van der Waals surface area contributed by atoms with Crippen LogP contribution in [0, 0.1) is 11.8 Å². The van der Waals surface area contributed by atoms with E-state index in [1.165, 1.54) is 4.90 Å². The highest BCUT2D eigenvalue weighted by Crippen LogP contribution is 2.51. The van der Waals surface area contributed by atoms with Crippen LogP contribution in [0.15, 0.2) is 12.2 Å². The summed E-state index contributed by atoms with van der Waals surface area (Å²) in [7, 11) is 0. The Labute approximate surface area is 109 Å². The van der Waals surface area contributed by atoms with Crippen LogP contribution in [0.25, 0.3) is 0 Å². The van der Waals surface area contributed by atoms with Crippen molar-refractivity contribution in [3.8, 4) is 0 Å². The number of hydrogen-bond donors (Lipinski definition) is 3. The molecule has 1 amide bonds. The Bertz CT molecular complexity index is 463. The number of aliphatic carboxylic acids is 1.